The first-order chi connectivity index (χ1) is 14.8. The number of amides is 1. The van der Waals surface area contributed by atoms with Crippen LogP contribution in [0.2, 0.25) is 0 Å². The zero-order chi connectivity index (χ0) is 21.8. The molecule has 0 unspecified atom stereocenters. The maximum atomic E-state index is 13.1. The maximum Gasteiger partial charge on any atom is 0.416 e. The minimum atomic E-state index is -4.45. The minimum absolute atomic E-state index is 0.0961. The highest BCUT2D eigenvalue weighted by Crippen LogP contribution is 2.43. The van der Waals surface area contributed by atoms with Crippen molar-refractivity contribution >= 4 is 18.1 Å². The van der Waals surface area contributed by atoms with E-state index in [0.29, 0.717) is 27.9 Å². The van der Waals surface area contributed by atoms with Crippen molar-refractivity contribution in [1.29, 1.82) is 0 Å². The molecule has 1 amide bonds. The number of alkyl halides is 3. The highest BCUT2D eigenvalue weighted by molar-refractivity contribution is 7.71. The first kappa shape index (κ1) is 20.0. The topological polar surface area (TPSA) is 80.5 Å². The van der Waals surface area contributed by atoms with Gasteiger partial charge in [0, 0.05) is 12.0 Å². The van der Waals surface area contributed by atoms with Crippen LogP contribution in [0.3, 0.4) is 0 Å². The third-order valence-electron chi connectivity index (χ3n) is 5.53. The minimum Gasteiger partial charge on any atom is -0.345 e. The Bertz CT molecular complexity index is 1200. The molecule has 2 aliphatic rings. The molecular formula is C20H19F3N6OS. The predicted octanol–water partition coefficient (Wildman–Crippen LogP) is 4.29. The number of nitrogens with zero attached hydrogens (tertiary/aromatic N) is 4. The molecule has 3 aromatic rings. The van der Waals surface area contributed by atoms with E-state index in [1.165, 1.54) is 16.9 Å². The third-order valence-corrected chi connectivity index (χ3v) is 5.82. The van der Waals surface area contributed by atoms with Crippen LogP contribution < -0.4 is 5.32 Å². The molecule has 2 heterocycles. The van der Waals surface area contributed by atoms with Gasteiger partial charge in [-0.05, 0) is 56.1 Å². The van der Waals surface area contributed by atoms with Crippen molar-refractivity contribution in [2.24, 2.45) is 0 Å². The smallest absolute Gasteiger partial charge is 0.345 e. The predicted molar refractivity (Wildman–Crippen MR) is 107 cm³/mol. The Morgan fingerprint density at radius 3 is 2.71 bits per heavy atom. The van der Waals surface area contributed by atoms with Gasteiger partial charge in [-0.2, -0.15) is 23.4 Å². The lowest BCUT2D eigenvalue weighted by Crippen LogP contribution is -2.25. The third kappa shape index (κ3) is 3.89. The molecule has 2 saturated carbocycles. The van der Waals surface area contributed by atoms with E-state index in [0.717, 1.165) is 37.8 Å². The van der Waals surface area contributed by atoms with E-state index in [1.54, 1.807) is 6.07 Å². The quantitative estimate of drug-likeness (QED) is 0.552. The molecule has 2 fully saturated rings. The molecule has 0 spiro atoms. The zero-order valence-corrected chi connectivity index (χ0v) is 17.1. The summed E-state index contributed by atoms with van der Waals surface area (Å²) in [7, 11) is 0. The van der Waals surface area contributed by atoms with Crippen LogP contribution in [0.15, 0.2) is 30.5 Å². The molecule has 7 nitrogen and oxygen atoms in total. The van der Waals surface area contributed by atoms with Crippen molar-refractivity contribution in [3.8, 4) is 5.69 Å². The van der Waals surface area contributed by atoms with Crippen LogP contribution in [-0.2, 0) is 12.7 Å². The molecule has 31 heavy (non-hydrogen) atoms. The van der Waals surface area contributed by atoms with E-state index in [9.17, 15) is 18.0 Å². The number of benzene rings is 1. The first-order valence-corrected chi connectivity index (χ1v) is 10.4. The summed E-state index contributed by atoms with van der Waals surface area (Å²) in [6.07, 6.45) is 0.764. The van der Waals surface area contributed by atoms with Gasteiger partial charge >= 0.3 is 6.18 Å². The number of carbonyl (C=O) groups excluding carboxylic acids is 1. The average molecular weight is 448 g/mol. The molecule has 0 aliphatic heterocycles. The number of aromatic nitrogens is 5. The molecule has 2 aliphatic carbocycles. The van der Waals surface area contributed by atoms with Crippen molar-refractivity contribution in [3.05, 3.63) is 57.9 Å². The Morgan fingerprint density at radius 1 is 1.26 bits per heavy atom. The SMILES string of the molecule is O=C(NCc1n[nH]c(=S)n1C1CC1)c1cnn(-c2cccc(C(F)(F)F)c2)c1C1CC1. The normalized spacial score (nSPS) is 16.5. The Hall–Kier alpha value is -2.95. The number of carbonyl (C=O) groups is 1. The van der Waals surface area contributed by atoms with Crippen LogP contribution in [0.1, 0.15) is 65.1 Å². The molecule has 0 atom stereocenters. The lowest BCUT2D eigenvalue weighted by atomic mass is 10.1. The van der Waals surface area contributed by atoms with Crippen LogP contribution >= 0.6 is 12.2 Å². The highest BCUT2D eigenvalue weighted by atomic mass is 32.1. The largest absolute Gasteiger partial charge is 0.416 e. The van der Waals surface area contributed by atoms with Gasteiger partial charge in [-0.25, -0.2) is 4.68 Å². The number of hydrogen-bond donors (Lipinski definition) is 2. The molecule has 2 N–H and O–H groups in total. The van der Waals surface area contributed by atoms with Crippen LogP contribution in [0.5, 0.6) is 0 Å². The Balaban J connectivity index is 1.41. The number of H-pyrrole nitrogens is 1. The van der Waals surface area contributed by atoms with Gasteiger partial charge in [0.25, 0.3) is 5.91 Å². The summed E-state index contributed by atoms with van der Waals surface area (Å²) in [5, 5.41) is 14.1. The van der Waals surface area contributed by atoms with Gasteiger partial charge < -0.3 is 5.32 Å². The lowest BCUT2D eigenvalue weighted by Gasteiger charge is -2.12. The second-order valence-electron chi connectivity index (χ2n) is 7.91. The van der Waals surface area contributed by atoms with Crippen LogP contribution in [0.25, 0.3) is 5.69 Å². The van der Waals surface area contributed by atoms with Crippen LogP contribution in [0, 0.1) is 4.77 Å². The van der Waals surface area contributed by atoms with Gasteiger partial charge in [0.15, 0.2) is 10.6 Å². The maximum absolute atomic E-state index is 13.1. The Labute approximate surface area is 180 Å². The summed E-state index contributed by atoms with van der Waals surface area (Å²) in [5.41, 5.74) is 0.534. The fourth-order valence-electron chi connectivity index (χ4n) is 3.73. The summed E-state index contributed by atoms with van der Waals surface area (Å²) < 4.78 is 43.3. The van der Waals surface area contributed by atoms with Crippen molar-refractivity contribution in [2.75, 3.05) is 0 Å². The van der Waals surface area contributed by atoms with E-state index >= 15 is 0 Å². The van der Waals surface area contributed by atoms with E-state index in [4.69, 9.17) is 12.2 Å². The van der Waals surface area contributed by atoms with Crippen molar-refractivity contribution in [3.63, 3.8) is 0 Å². The molecule has 0 bridgehead atoms. The van der Waals surface area contributed by atoms with Crippen molar-refractivity contribution < 1.29 is 18.0 Å². The van der Waals surface area contributed by atoms with Crippen LogP contribution in [0.4, 0.5) is 13.2 Å². The number of rotatable bonds is 6. The fourth-order valence-corrected chi connectivity index (χ4v) is 4.03. The zero-order valence-electron chi connectivity index (χ0n) is 16.3. The molecule has 5 rings (SSSR count). The summed E-state index contributed by atoms with van der Waals surface area (Å²) in [6, 6.07) is 5.29. The number of nitrogens with one attached hydrogen (secondary N) is 2. The summed E-state index contributed by atoms with van der Waals surface area (Å²) in [4.78, 5) is 12.9. The number of halogens is 3. The lowest BCUT2D eigenvalue weighted by molar-refractivity contribution is -0.137. The average Bonchev–Trinajstić information content (AvgIpc) is 3.67. The molecule has 1 aromatic carbocycles. The van der Waals surface area contributed by atoms with E-state index in [2.05, 4.69) is 20.6 Å². The number of hydrogen-bond acceptors (Lipinski definition) is 4. The second-order valence-corrected chi connectivity index (χ2v) is 8.29. The van der Waals surface area contributed by atoms with Crippen LogP contribution in [-0.4, -0.2) is 30.5 Å². The Kier molecular flexibility index (Phi) is 4.72. The number of aromatic amines is 1. The van der Waals surface area contributed by atoms with Crippen molar-refractivity contribution in [2.45, 2.75) is 50.4 Å². The molecule has 0 saturated heterocycles. The standard InChI is InChI=1S/C20H19F3N6OS/c21-20(22,23)12-2-1-3-14(8-12)29-17(11-4-5-11)15(9-25-29)18(30)24-10-16-26-27-19(31)28(16)13-6-7-13/h1-3,8-9,11,13H,4-7,10H2,(H,24,30)(H,27,31). The van der Waals surface area contributed by atoms with Gasteiger partial charge in [0.1, 0.15) is 0 Å². The fraction of sp³-hybridized carbons (Fsp3) is 0.400. The van der Waals surface area contributed by atoms with E-state index in [1.807, 2.05) is 4.57 Å². The van der Waals surface area contributed by atoms with Gasteiger partial charge in [-0.1, -0.05) is 6.07 Å². The van der Waals surface area contributed by atoms with Gasteiger partial charge in [0.05, 0.1) is 35.2 Å². The second kappa shape index (κ2) is 7.33. The van der Waals surface area contributed by atoms with Gasteiger partial charge in [-0.3, -0.25) is 14.5 Å². The van der Waals surface area contributed by atoms with Gasteiger partial charge in [0.2, 0.25) is 0 Å². The van der Waals surface area contributed by atoms with E-state index < -0.39 is 11.7 Å². The molecule has 2 aromatic heterocycles. The Morgan fingerprint density at radius 2 is 2.03 bits per heavy atom. The summed E-state index contributed by atoms with van der Waals surface area (Å²) in [5.74, 6) is 0.411. The highest BCUT2D eigenvalue weighted by Gasteiger charge is 2.35. The molecular weight excluding hydrogens is 429 g/mol. The molecule has 162 valence electrons. The molecule has 11 heteroatoms. The summed E-state index contributed by atoms with van der Waals surface area (Å²) in [6.45, 7) is 0.196. The van der Waals surface area contributed by atoms with Gasteiger partial charge in [-0.15, -0.1) is 0 Å². The summed E-state index contributed by atoms with van der Waals surface area (Å²) >= 11 is 5.26. The van der Waals surface area contributed by atoms with Crippen molar-refractivity contribution in [1.82, 2.24) is 29.9 Å². The monoisotopic (exact) mass is 448 g/mol. The first-order valence-electron chi connectivity index (χ1n) is 10.0. The molecule has 0 radical (unpaired) electrons. The van der Waals surface area contributed by atoms with E-state index in [-0.39, 0.29) is 24.1 Å².